The molecule has 4 heteroatoms. The quantitative estimate of drug-likeness (QED) is 0.828. The molecule has 1 aromatic carbocycles. The van der Waals surface area contributed by atoms with Gasteiger partial charge in [0.15, 0.2) is 0 Å². The van der Waals surface area contributed by atoms with E-state index in [0.717, 1.165) is 24.1 Å². The number of hydrogen-bond donors (Lipinski definition) is 1. The molecule has 19 heavy (non-hydrogen) atoms. The fourth-order valence-electron chi connectivity index (χ4n) is 3.02. The number of benzene rings is 1. The zero-order valence-corrected chi connectivity index (χ0v) is 11.3. The summed E-state index contributed by atoms with van der Waals surface area (Å²) in [5.41, 5.74) is 3.04. The van der Waals surface area contributed by atoms with Gasteiger partial charge in [0.25, 0.3) is 5.91 Å². The van der Waals surface area contributed by atoms with Crippen LogP contribution in [0.5, 0.6) is 0 Å². The third kappa shape index (κ3) is 2.01. The molecule has 0 aromatic heterocycles. The lowest BCUT2D eigenvalue weighted by Crippen LogP contribution is -2.38. The van der Waals surface area contributed by atoms with E-state index in [2.05, 4.69) is 5.32 Å². The second kappa shape index (κ2) is 4.37. The normalized spacial score (nSPS) is 25.4. The molecule has 0 radical (unpaired) electrons. The van der Waals surface area contributed by atoms with Crippen LogP contribution in [-0.2, 0) is 4.79 Å². The highest BCUT2D eigenvalue weighted by Crippen LogP contribution is 2.27. The van der Waals surface area contributed by atoms with Crippen LogP contribution < -0.4 is 5.32 Å². The highest BCUT2D eigenvalue weighted by atomic mass is 16.2. The van der Waals surface area contributed by atoms with Gasteiger partial charge in [0.05, 0.1) is 12.1 Å². The van der Waals surface area contributed by atoms with E-state index in [4.69, 9.17) is 0 Å². The highest BCUT2D eigenvalue weighted by Gasteiger charge is 2.43. The molecule has 1 aromatic rings. The van der Waals surface area contributed by atoms with E-state index in [9.17, 15) is 9.59 Å². The van der Waals surface area contributed by atoms with Crippen LogP contribution in [-0.4, -0.2) is 35.3 Å². The Hall–Kier alpha value is -1.84. The number of carbonyl (C=O) groups excluding carboxylic acids is 2. The van der Waals surface area contributed by atoms with Crippen LogP contribution in [0.25, 0.3) is 0 Å². The minimum Gasteiger partial charge on any atom is -0.351 e. The van der Waals surface area contributed by atoms with Crippen LogP contribution in [0.2, 0.25) is 0 Å². The van der Waals surface area contributed by atoms with E-state index in [0.29, 0.717) is 6.42 Å². The second-order valence-corrected chi connectivity index (χ2v) is 5.53. The first-order valence-corrected chi connectivity index (χ1v) is 6.74. The monoisotopic (exact) mass is 258 g/mol. The van der Waals surface area contributed by atoms with Crippen LogP contribution in [0.3, 0.4) is 0 Å². The van der Waals surface area contributed by atoms with Gasteiger partial charge in [0, 0.05) is 18.5 Å². The molecule has 0 unspecified atom stereocenters. The molecule has 2 atom stereocenters. The van der Waals surface area contributed by atoms with Gasteiger partial charge in [-0.15, -0.1) is 0 Å². The van der Waals surface area contributed by atoms with Gasteiger partial charge in [-0.05, 0) is 43.5 Å². The Morgan fingerprint density at radius 2 is 2.11 bits per heavy atom. The van der Waals surface area contributed by atoms with Gasteiger partial charge in [-0.25, -0.2) is 0 Å². The topological polar surface area (TPSA) is 49.4 Å². The predicted octanol–water partition coefficient (Wildman–Crippen LogP) is 1.41. The van der Waals surface area contributed by atoms with Gasteiger partial charge in [-0.1, -0.05) is 6.07 Å². The Balaban J connectivity index is 1.84. The average molecular weight is 258 g/mol. The van der Waals surface area contributed by atoms with E-state index in [1.54, 1.807) is 0 Å². The molecule has 2 saturated heterocycles. The number of fused-ring (bicyclic) bond motifs is 1. The van der Waals surface area contributed by atoms with Crippen molar-refractivity contribution in [3.8, 4) is 0 Å². The maximum Gasteiger partial charge on any atom is 0.254 e. The summed E-state index contributed by atoms with van der Waals surface area (Å²) in [5, 5.41) is 2.94. The lowest BCUT2D eigenvalue weighted by Gasteiger charge is -2.23. The highest BCUT2D eigenvalue weighted by molar-refractivity contribution is 5.96. The Bertz CT molecular complexity index is 553. The molecule has 1 N–H and O–H groups in total. The number of likely N-dealkylation sites (tertiary alicyclic amines) is 1. The maximum atomic E-state index is 12.5. The summed E-state index contributed by atoms with van der Waals surface area (Å²) in [7, 11) is 0. The molecule has 0 bridgehead atoms. The van der Waals surface area contributed by atoms with Crippen LogP contribution in [0.1, 0.15) is 34.3 Å². The van der Waals surface area contributed by atoms with Crippen molar-refractivity contribution in [2.75, 3.05) is 6.54 Å². The molecule has 0 saturated carbocycles. The van der Waals surface area contributed by atoms with E-state index in [1.807, 2.05) is 36.9 Å². The van der Waals surface area contributed by atoms with Crippen LogP contribution >= 0.6 is 0 Å². The van der Waals surface area contributed by atoms with Gasteiger partial charge < -0.3 is 10.2 Å². The first-order chi connectivity index (χ1) is 9.06. The molecule has 3 rings (SSSR count). The molecule has 2 heterocycles. The lowest BCUT2D eigenvalue weighted by atomic mass is 10.0. The first kappa shape index (κ1) is 12.2. The smallest absolute Gasteiger partial charge is 0.254 e. The first-order valence-electron chi connectivity index (χ1n) is 6.74. The Labute approximate surface area is 112 Å². The van der Waals surface area contributed by atoms with E-state index in [-0.39, 0.29) is 23.9 Å². The molecular formula is C15H18N2O2. The fourth-order valence-corrected chi connectivity index (χ4v) is 3.02. The van der Waals surface area contributed by atoms with E-state index in [1.165, 1.54) is 5.56 Å². The molecule has 2 amide bonds. The third-order valence-corrected chi connectivity index (χ3v) is 4.30. The largest absolute Gasteiger partial charge is 0.351 e. The third-order valence-electron chi connectivity index (χ3n) is 4.30. The summed E-state index contributed by atoms with van der Waals surface area (Å²) in [5.74, 6) is 0.111. The number of nitrogens with one attached hydrogen (secondary N) is 1. The number of nitrogens with zero attached hydrogens (tertiary/aromatic N) is 1. The van der Waals surface area contributed by atoms with Crippen molar-refractivity contribution in [3.63, 3.8) is 0 Å². The van der Waals surface area contributed by atoms with Crippen LogP contribution in [0, 0.1) is 13.8 Å². The minimum absolute atomic E-state index is 0.0432. The SMILES string of the molecule is Cc1ccc(C(=O)N2CC[C@H]3NC(=O)C[C@H]32)cc1C. The standard InChI is InChI=1S/C15H18N2O2/c1-9-3-4-11(7-10(9)2)15(19)17-6-5-12-13(17)8-14(18)16-12/h3-4,7,12-13H,5-6,8H2,1-2H3,(H,16,18)/t12-,13-/m1/s1. The van der Waals surface area contributed by atoms with Crippen molar-refractivity contribution in [1.29, 1.82) is 0 Å². The maximum absolute atomic E-state index is 12.5. The minimum atomic E-state index is 0.0432. The van der Waals surface area contributed by atoms with Crippen molar-refractivity contribution in [2.24, 2.45) is 0 Å². The zero-order valence-electron chi connectivity index (χ0n) is 11.3. The van der Waals surface area contributed by atoms with Crippen molar-refractivity contribution < 1.29 is 9.59 Å². The number of amides is 2. The van der Waals surface area contributed by atoms with Crippen molar-refractivity contribution >= 4 is 11.8 Å². The summed E-state index contributed by atoms with van der Waals surface area (Å²) in [6.45, 7) is 4.79. The average Bonchev–Trinajstić information content (AvgIpc) is 2.90. The number of hydrogen-bond acceptors (Lipinski definition) is 2. The summed E-state index contributed by atoms with van der Waals surface area (Å²) >= 11 is 0. The summed E-state index contributed by atoms with van der Waals surface area (Å²) in [6.07, 6.45) is 1.31. The molecule has 2 aliphatic heterocycles. The Morgan fingerprint density at radius 1 is 1.32 bits per heavy atom. The molecule has 0 spiro atoms. The number of aryl methyl sites for hydroxylation is 2. The van der Waals surface area contributed by atoms with Crippen LogP contribution in [0.15, 0.2) is 18.2 Å². The van der Waals surface area contributed by atoms with Crippen molar-refractivity contribution in [1.82, 2.24) is 10.2 Å². The summed E-state index contributed by atoms with van der Waals surface area (Å²) < 4.78 is 0. The van der Waals surface area contributed by atoms with Gasteiger partial charge in [-0.2, -0.15) is 0 Å². The van der Waals surface area contributed by atoms with Crippen molar-refractivity contribution in [2.45, 2.75) is 38.8 Å². The molecule has 2 aliphatic rings. The fraction of sp³-hybridized carbons (Fsp3) is 0.467. The molecule has 100 valence electrons. The molecule has 2 fully saturated rings. The van der Waals surface area contributed by atoms with E-state index >= 15 is 0 Å². The van der Waals surface area contributed by atoms with E-state index < -0.39 is 0 Å². The van der Waals surface area contributed by atoms with Gasteiger partial charge in [0.1, 0.15) is 0 Å². The predicted molar refractivity (Wildman–Crippen MR) is 71.9 cm³/mol. The van der Waals surface area contributed by atoms with Gasteiger partial charge in [-0.3, -0.25) is 9.59 Å². The molecule has 0 aliphatic carbocycles. The summed E-state index contributed by atoms with van der Waals surface area (Å²) in [6, 6.07) is 6.00. The van der Waals surface area contributed by atoms with Gasteiger partial charge in [0.2, 0.25) is 5.91 Å². The Morgan fingerprint density at radius 3 is 2.84 bits per heavy atom. The number of carbonyl (C=O) groups is 2. The van der Waals surface area contributed by atoms with Gasteiger partial charge >= 0.3 is 0 Å². The zero-order chi connectivity index (χ0) is 13.6. The molecular weight excluding hydrogens is 240 g/mol. The second-order valence-electron chi connectivity index (χ2n) is 5.53. The Kier molecular flexibility index (Phi) is 2.81. The lowest BCUT2D eigenvalue weighted by molar-refractivity contribution is -0.119. The summed E-state index contributed by atoms with van der Waals surface area (Å²) in [4.78, 5) is 25.8. The number of rotatable bonds is 1. The van der Waals surface area contributed by atoms with Crippen LogP contribution in [0.4, 0.5) is 0 Å². The molecule has 4 nitrogen and oxygen atoms in total. The van der Waals surface area contributed by atoms with Crippen molar-refractivity contribution in [3.05, 3.63) is 34.9 Å².